The van der Waals surface area contributed by atoms with Crippen molar-refractivity contribution in [2.24, 2.45) is 11.8 Å². The van der Waals surface area contributed by atoms with Gasteiger partial charge in [0.1, 0.15) is 36.1 Å². The number of pyridine rings is 1. The number of halogens is 1. The lowest BCUT2D eigenvalue weighted by Crippen LogP contribution is -2.44. The molecule has 39 heavy (non-hydrogen) atoms. The molecule has 1 amide bonds. The van der Waals surface area contributed by atoms with Gasteiger partial charge >= 0.3 is 11.9 Å². The Bertz CT molecular complexity index is 1140. The number of carbonyl (C=O) groups is 4. The first-order chi connectivity index (χ1) is 18.4. The smallest absolute Gasteiger partial charge is 0.328 e. The molecule has 0 aliphatic rings. The number of esters is 2. The molecular weight excluding hydrogens is 511 g/mol. The lowest BCUT2D eigenvalue weighted by molar-refractivity contribution is -0.156. The highest BCUT2D eigenvalue weighted by Crippen LogP contribution is 2.24. The molecular formula is C28H35FN2O8. The molecule has 10 nitrogen and oxygen atoms in total. The lowest BCUT2D eigenvalue weighted by Gasteiger charge is -2.29. The quantitative estimate of drug-likeness (QED) is 0.214. The molecule has 1 aromatic carbocycles. The Morgan fingerprint density at radius 2 is 1.67 bits per heavy atom. The van der Waals surface area contributed by atoms with Crippen molar-refractivity contribution in [2.45, 2.75) is 66.2 Å². The molecule has 0 spiro atoms. The molecule has 0 aliphatic heterocycles. The maximum atomic E-state index is 13.2. The van der Waals surface area contributed by atoms with Crippen LogP contribution in [0.5, 0.6) is 11.5 Å². The summed E-state index contributed by atoms with van der Waals surface area (Å²) in [6, 6.07) is 5.92. The van der Waals surface area contributed by atoms with Crippen molar-refractivity contribution in [1.82, 2.24) is 10.3 Å². The number of benzene rings is 1. The molecule has 2 aromatic rings. The standard InChI is InChI=1S/C28H35FN2O8/c1-16(2)24(39-22-9-7-21(29)8-10-22)19(6)38-28(35)18(5)31-26(33)23-25(20(12-14-32)11-13-30-23)36-15-37-27(34)17(3)4/h7-11,13-14,16-19,24H,12,15H2,1-6H3,(H,31,33)/t18-,19?,24?/m0/s1. The highest BCUT2D eigenvalue weighted by Gasteiger charge is 2.29. The van der Waals surface area contributed by atoms with E-state index in [0.29, 0.717) is 17.6 Å². The normalized spacial score (nSPS) is 13.3. The lowest BCUT2D eigenvalue weighted by atomic mass is 10.0. The number of rotatable bonds is 14. The number of hydrogen-bond donors (Lipinski definition) is 1. The number of nitrogens with zero attached hydrogens (tertiary/aromatic N) is 1. The minimum atomic E-state index is -1.08. The Kier molecular flexibility index (Phi) is 11.8. The van der Waals surface area contributed by atoms with E-state index < -0.39 is 48.7 Å². The van der Waals surface area contributed by atoms with Crippen LogP contribution >= 0.6 is 0 Å². The van der Waals surface area contributed by atoms with E-state index in [4.69, 9.17) is 18.9 Å². The minimum Gasteiger partial charge on any atom is -0.486 e. The summed E-state index contributed by atoms with van der Waals surface area (Å²) < 4.78 is 35.2. The molecule has 2 rings (SSSR count). The van der Waals surface area contributed by atoms with Crippen LogP contribution in [0, 0.1) is 17.7 Å². The van der Waals surface area contributed by atoms with Gasteiger partial charge in [0, 0.05) is 18.2 Å². The van der Waals surface area contributed by atoms with Gasteiger partial charge in [0.25, 0.3) is 5.91 Å². The van der Waals surface area contributed by atoms with Gasteiger partial charge < -0.3 is 29.1 Å². The van der Waals surface area contributed by atoms with Crippen LogP contribution in [0.25, 0.3) is 0 Å². The highest BCUT2D eigenvalue weighted by atomic mass is 19.1. The Hall–Kier alpha value is -4.02. The van der Waals surface area contributed by atoms with E-state index in [1.807, 2.05) is 13.8 Å². The molecule has 0 fully saturated rings. The first-order valence-electron chi connectivity index (χ1n) is 12.6. The van der Waals surface area contributed by atoms with Gasteiger partial charge in [-0.25, -0.2) is 14.2 Å². The van der Waals surface area contributed by atoms with Crippen LogP contribution in [0.15, 0.2) is 36.5 Å². The maximum absolute atomic E-state index is 13.2. The first kappa shape index (κ1) is 31.2. The summed E-state index contributed by atoms with van der Waals surface area (Å²) >= 11 is 0. The van der Waals surface area contributed by atoms with Gasteiger partial charge in [0.15, 0.2) is 11.4 Å². The van der Waals surface area contributed by atoms with Gasteiger partial charge in [-0.2, -0.15) is 0 Å². The second-order valence-corrected chi connectivity index (χ2v) is 9.52. The number of carbonyl (C=O) groups excluding carboxylic acids is 4. The third kappa shape index (κ3) is 9.35. The van der Waals surface area contributed by atoms with Crippen molar-refractivity contribution in [1.29, 1.82) is 0 Å². The summed E-state index contributed by atoms with van der Waals surface area (Å²) in [5, 5.41) is 2.52. The van der Waals surface area contributed by atoms with Crippen molar-refractivity contribution in [3.63, 3.8) is 0 Å². The molecule has 1 aromatic heterocycles. The molecule has 0 bridgehead atoms. The third-order valence-electron chi connectivity index (χ3n) is 5.59. The summed E-state index contributed by atoms with van der Waals surface area (Å²) in [5.41, 5.74) is 0.162. The number of nitrogens with one attached hydrogen (secondary N) is 1. The predicted molar refractivity (Wildman–Crippen MR) is 139 cm³/mol. The van der Waals surface area contributed by atoms with Crippen LogP contribution in [0.1, 0.15) is 57.6 Å². The van der Waals surface area contributed by atoms with E-state index in [1.165, 1.54) is 43.5 Å². The van der Waals surface area contributed by atoms with Crippen LogP contribution in [0.2, 0.25) is 0 Å². The summed E-state index contributed by atoms with van der Waals surface area (Å²) in [4.78, 5) is 52.8. The molecule has 1 N–H and O–H groups in total. The minimum absolute atomic E-state index is 0.0415. The van der Waals surface area contributed by atoms with Crippen LogP contribution < -0.4 is 14.8 Å². The van der Waals surface area contributed by atoms with Crippen molar-refractivity contribution < 1.29 is 42.5 Å². The second-order valence-electron chi connectivity index (χ2n) is 9.52. The van der Waals surface area contributed by atoms with E-state index in [2.05, 4.69) is 10.3 Å². The van der Waals surface area contributed by atoms with Gasteiger partial charge in [-0.05, 0) is 50.1 Å². The molecule has 1 heterocycles. The average molecular weight is 547 g/mol. The van der Waals surface area contributed by atoms with E-state index in [1.54, 1.807) is 20.8 Å². The second kappa shape index (κ2) is 14.8. The fraction of sp³-hybridized carbons (Fsp3) is 0.464. The Morgan fingerprint density at radius 3 is 2.26 bits per heavy atom. The first-order valence-corrected chi connectivity index (χ1v) is 12.6. The summed E-state index contributed by atoms with van der Waals surface area (Å²) in [6.07, 6.45) is 0.634. The fourth-order valence-corrected chi connectivity index (χ4v) is 3.50. The van der Waals surface area contributed by atoms with Gasteiger partial charge in [0.2, 0.25) is 6.79 Å². The SMILES string of the molecule is CC(C)C(=O)OCOc1c(CC=O)ccnc1C(=O)N[C@@H](C)C(=O)OC(C)C(Oc1ccc(F)cc1)C(C)C. The summed E-state index contributed by atoms with van der Waals surface area (Å²) in [5.74, 6) is -2.44. The Labute approximate surface area is 227 Å². The summed E-state index contributed by atoms with van der Waals surface area (Å²) in [7, 11) is 0. The van der Waals surface area contributed by atoms with Crippen LogP contribution in [-0.2, 0) is 30.3 Å². The molecule has 0 saturated carbocycles. The van der Waals surface area contributed by atoms with Crippen LogP contribution in [0.4, 0.5) is 4.39 Å². The molecule has 0 radical (unpaired) electrons. The monoisotopic (exact) mass is 546 g/mol. The number of ether oxygens (including phenoxy) is 4. The fourth-order valence-electron chi connectivity index (χ4n) is 3.50. The molecule has 0 aliphatic carbocycles. The van der Waals surface area contributed by atoms with E-state index in [0.717, 1.165) is 0 Å². The molecule has 3 atom stereocenters. The van der Waals surface area contributed by atoms with E-state index in [9.17, 15) is 23.6 Å². The molecule has 11 heteroatoms. The third-order valence-corrected chi connectivity index (χ3v) is 5.59. The predicted octanol–water partition coefficient (Wildman–Crippen LogP) is 3.65. The number of hydrogen-bond acceptors (Lipinski definition) is 9. The van der Waals surface area contributed by atoms with Crippen LogP contribution in [-0.4, -0.2) is 54.2 Å². The highest BCUT2D eigenvalue weighted by molar-refractivity contribution is 5.97. The molecule has 2 unspecified atom stereocenters. The zero-order chi connectivity index (χ0) is 29.1. The molecule has 0 saturated heterocycles. The van der Waals surface area contributed by atoms with Gasteiger partial charge in [-0.1, -0.05) is 27.7 Å². The Morgan fingerprint density at radius 1 is 1.00 bits per heavy atom. The zero-order valence-corrected chi connectivity index (χ0v) is 22.9. The van der Waals surface area contributed by atoms with Gasteiger partial charge in [-0.15, -0.1) is 0 Å². The molecule has 212 valence electrons. The largest absolute Gasteiger partial charge is 0.486 e. The van der Waals surface area contributed by atoms with Gasteiger partial charge in [0.05, 0.1) is 5.92 Å². The number of aromatic nitrogens is 1. The van der Waals surface area contributed by atoms with Crippen molar-refractivity contribution in [3.05, 3.63) is 53.6 Å². The number of aldehydes is 1. The van der Waals surface area contributed by atoms with E-state index in [-0.39, 0.29) is 29.7 Å². The van der Waals surface area contributed by atoms with Crippen molar-refractivity contribution in [2.75, 3.05) is 6.79 Å². The van der Waals surface area contributed by atoms with Gasteiger partial charge in [-0.3, -0.25) is 9.59 Å². The van der Waals surface area contributed by atoms with E-state index >= 15 is 0 Å². The number of amides is 1. The average Bonchev–Trinajstić information content (AvgIpc) is 2.88. The summed E-state index contributed by atoms with van der Waals surface area (Å²) in [6.45, 7) is 9.71. The van der Waals surface area contributed by atoms with Crippen molar-refractivity contribution >= 4 is 24.1 Å². The van der Waals surface area contributed by atoms with Crippen LogP contribution in [0.3, 0.4) is 0 Å². The zero-order valence-electron chi connectivity index (χ0n) is 22.9. The topological polar surface area (TPSA) is 130 Å². The Balaban J connectivity index is 2.09. The van der Waals surface area contributed by atoms with Crippen molar-refractivity contribution in [3.8, 4) is 11.5 Å². The maximum Gasteiger partial charge on any atom is 0.328 e.